The largest absolute Gasteiger partial charge is 0.507 e. The smallest absolute Gasteiger partial charge is 0.295 e. The number of likely N-dealkylation sites (tertiary alicyclic amines) is 1. The molecule has 1 aliphatic heterocycles. The van der Waals surface area contributed by atoms with E-state index in [2.05, 4.69) is 6.92 Å². The molecule has 0 radical (unpaired) electrons. The highest BCUT2D eigenvalue weighted by Gasteiger charge is 2.46. The van der Waals surface area contributed by atoms with E-state index < -0.39 is 17.7 Å². The minimum absolute atomic E-state index is 0.0909. The Hall–Kier alpha value is -3.32. The number of nitrogens with zero attached hydrogens (tertiary/aromatic N) is 2. The van der Waals surface area contributed by atoms with E-state index in [9.17, 15) is 14.7 Å². The fraction of sp³-hybridized carbons (Fsp3) is 0.429. The van der Waals surface area contributed by atoms with Gasteiger partial charge in [-0.1, -0.05) is 49.7 Å². The first-order chi connectivity index (χ1) is 16.9. The molecule has 0 aromatic heterocycles. The van der Waals surface area contributed by atoms with E-state index in [1.807, 2.05) is 50.2 Å². The molecule has 1 saturated heterocycles. The number of unbranched alkanes of at least 4 members (excludes halogenated alkanes) is 1. The number of amides is 1. The maximum Gasteiger partial charge on any atom is 0.295 e. The summed E-state index contributed by atoms with van der Waals surface area (Å²) in [6.07, 6.45) is 2.64. The summed E-state index contributed by atoms with van der Waals surface area (Å²) >= 11 is 0. The number of aliphatic hydroxyl groups excluding tert-OH is 1. The van der Waals surface area contributed by atoms with Gasteiger partial charge in [-0.2, -0.15) is 0 Å². The zero-order valence-electron chi connectivity index (χ0n) is 21.1. The molecule has 1 N–H and O–H groups in total. The molecule has 1 aliphatic rings. The molecular formula is C28H36N2O5. The van der Waals surface area contributed by atoms with Gasteiger partial charge in [0, 0.05) is 12.1 Å². The lowest BCUT2D eigenvalue weighted by Gasteiger charge is -2.26. The van der Waals surface area contributed by atoms with Crippen LogP contribution in [0.5, 0.6) is 11.5 Å². The van der Waals surface area contributed by atoms with E-state index in [1.165, 1.54) is 0 Å². The molecule has 1 fully saturated rings. The van der Waals surface area contributed by atoms with Crippen LogP contribution in [0.3, 0.4) is 0 Å². The first-order valence-corrected chi connectivity index (χ1v) is 12.3. The molecule has 0 aliphatic carbocycles. The molecule has 3 rings (SSSR count). The summed E-state index contributed by atoms with van der Waals surface area (Å²) in [5.41, 5.74) is 1.28. The van der Waals surface area contributed by atoms with Crippen LogP contribution in [0.15, 0.2) is 54.1 Å². The Balaban J connectivity index is 2.08. The van der Waals surface area contributed by atoms with Crippen molar-refractivity contribution in [1.29, 1.82) is 0 Å². The van der Waals surface area contributed by atoms with Gasteiger partial charge in [-0.3, -0.25) is 9.59 Å². The number of ketones is 1. The highest BCUT2D eigenvalue weighted by molar-refractivity contribution is 6.46. The van der Waals surface area contributed by atoms with Crippen LogP contribution in [0.25, 0.3) is 5.76 Å². The number of hydrogen-bond donors (Lipinski definition) is 1. The number of rotatable bonds is 12. The summed E-state index contributed by atoms with van der Waals surface area (Å²) in [7, 11) is 3.93. The average Bonchev–Trinajstić information content (AvgIpc) is 3.10. The van der Waals surface area contributed by atoms with Gasteiger partial charge >= 0.3 is 0 Å². The van der Waals surface area contributed by atoms with Gasteiger partial charge < -0.3 is 24.4 Å². The van der Waals surface area contributed by atoms with Gasteiger partial charge in [-0.25, -0.2) is 0 Å². The normalized spacial score (nSPS) is 17.3. The second-order valence-electron chi connectivity index (χ2n) is 8.86. The van der Waals surface area contributed by atoms with Gasteiger partial charge in [-0.15, -0.1) is 0 Å². The van der Waals surface area contributed by atoms with Crippen molar-refractivity contribution in [2.45, 2.75) is 39.2 Å². The molecule has 7 heteroatoms. The van der Waals surface area contributed by atoms with E-state index in [1.54, 1.807) is 29.2 Å². The standard InChI is InChI=1S/C28H36N2O5/c1-5-7-18-35-22-15-14-21(19-23(22)34-6-2)25-24(26(31)20-12-9-8-10-13-20)27(32)28(33)30(25)17-11-16-29(3)4/h8-10,12-15,19,25,31H,5-7,11,16-18H2,1-4H3. The van der Waals surface area contributed by atoms with Crippen molar-refractivity contribution in [3.8, 4) is 11.5 Å². The van der Waals surface area contributed by atoms with Crippen molar-refractivity contribution in [1.82, 2.24) is 9.80 Å². The third kappa shape index (κ3) is 6.22. The van der Waals surface area contributed by atoms with E-state index in [-0.39, 0.29) is 11.3 Å². The van der Waals surface area contributed by atoms with E-state index in [4.69, 9.17) is 9.47 Å². The first kappa shape index (κ1) is 26.3. The summed E-state index contributed by atoms with van der Waals surface area (Å²) in [5, 5.41) is 11.2. The molecule has 1 heterocycles. The van der Waals surface area contributed by atoms with Crippen molar-refractivity contribution >= 4 is 17.4 Å². The number of carbonyl (C=O) groups is 2. The predicted octanol–water partition coefficient (Wildman–Crippen LogP) is 4.64. The molecule has 1 amide bonds. The molecule has 0 bridgehead atoms. The number of aliphatic hydroxyl groups is 1. The van der Waals surface area contributed by atoms with E-state index in [0.717, 1.165) is 19.4 Å². The Kier molecular flexibility index (Phi) is 9.32. The maximum absolute atomic E-state index is 13.2. The molecule has 35 heavy (non-hydrogen) atoms. The number of ether oxygens (including phenoxy) is 2. The summed E-state index contributed by atoms with van der Waals surface area (Å²) < 4.78 is 11.8. The lowest BCUT2D eigenvalue weighted by atomic mass is 9.95. The van der Waals surface area contributed by atoms with Crippen LogP contribution in [-0.2, 0) is 9.59 Å². The van der Waals surface area contributed by atoms with Crippen LogP contribution >= 0.6 is 0 Å². The fourth-order valence-corrected chi connectivity index (χ4v) is 4.17. The Morgan fingerprint density at radius 2 is 1.74 bits per heavy atom. The highest BCUT2D eigenvalue weighted by Crippen LogP contribution is 2.42. The summed E-state index contributed by atoms with van der Waals surface area (Å²) in [6, 6.07) is 13.6. The minimum atomic E-state index is -0.721. The fourth-order valence-electron chi connectivity index (χ4n) is 4.17. The quantitative estimate of drug-likeness (QED) is 0.206. The number of carbonyl (C=O) groups excluding carboxylic acids is 2. The maximum atomic E-state index is 13.2. The summed E-state index contributed by atoms with van der Waals surface area (Å²) in [6.45, 7) is 6.17. The lowest BCUT2D eigenvalue weighted by Crippen LogP contribution is -2.32. The van der Waals surface area contributed by atoms with Crippen LogP contribution in [-0.4, -0.2) is 67.0 Å². The number of Topliss-reactive ketones (excluding diaryl/α,β-unsaturated/α-hetero) is 1. The first-order valence-electron chi connectivity index (χ1n) is 12.3. The average molecular weight is 481 g/mol. The monoisotopic (exact) mass is 480 g/mol. The predicted molar refractivity (Wildman–Crippen MR) is 137 cm³/mol. The summed E-state index contributed by atoms with van der Waals surface area (Å²) in [5.74, 6) is -0.281. The molecule has 2 aromatic rings. The Bertz CT molecular complexity index is 1050. The van der Waals surface area contributed by atoms with Crippen molar-refractivity contribution in [2.24, 2.45) is 0 Å². The molecule has 1 unspecified atom stereocenters. The third-order valence-electron chi connectivity index (χ3n) is 5.93. The van der Waals surface area contributed by atoms with Gasteiger partial charge in [0.15, 0.2) is 11.5 Å². The van der Waals surface area contributed by atoms with Crippen LogP contribution in [0.1, 0.15) is 50.3 Å². The van der Waals surface area contributed by atoms with E-state index in [0.29, 0.717) is 48.8 Å². The number of hydrogen-bond acceptors (Lipinski definition) is 6. The third-order valence-corrected chi connectivity index (χ3v) is 5.93. The Labute approximate surface area is 207 Å². The SMILES string of the molecule is CCCCOc1ccc(C2C(=C(O)c3ccccc3)C(=O)C(=O)N2CCCN(C)C)cc1OCC. The second kappa shape index (κ2) is 12.4. The Morgan fingerprint density at radius 3 is 2.40 bits per heavy atom. The van der Waals surface area contributed by atoms with Gasteiger partial charge in [0.1, 0.15) is 5.76 Å². The van der Waals surface area contributed by atoms with Crippen molar-refractivity contribution < 1.29 is 24.2 Å². The van der Waals surface area contributed by atoms with Gasteiger partial charge in [0.2, 0.25) is 0 Å². The molecule has 0 spiro atoms. The minimum Gasteiger partial charge on any atom is -0.507 e. The molecular weight excluding hydrogens is 444 g/mol. The molecule has 2 aromatic carbocycles. The zero-order valence-corrected chi connectivity index (χ0v) is 21.1. The topological polar surface area (TPSA) is 79.3 Å². The van der Waals surface area contributed by atoms with Crippen LogP contribution < -0.4 is 9.47 Å². The van der Waals surface area contributed by atoms with Crippen molar-refractivity contribution in [2.75, 3.05) is 40.4 Å². The van der Waals surface area contributed by atoms with Gasteiger partial charge in [0.25, 0.3) is 11.7 Å². The molecule has 188 valence electrons. The zero-order chi connectivity index (χ0) is 25.4. The van der Waals surface area contributed by atoms with Crippen molar-refractivity contribution in [3.05, 3.63) is 65.2 Å². The molecule has 0 saturated carbocycles. The van der Waals surface area contributed by atoms with Crippen molar-refractivity contribution in [3.63, 3.8) is 0 Å². The van der Waals surface area contributed by atoms with Crippen LogP contribution in [0, 0.1) is 0 Å². The highest BCUT2D eigenvalue weighted by atomic mass is 16.5. The summed E-state index contributed by atoms with van der Waals surface area (Å²) in [4.78, 5) is 29.9. The van der Waals surface area contributed by atoms with Gasteiger partial charge in [0.05, 0.1) is 24.8 Å². The lowest BCUT2D eigenvalue weighted by molar-refractivity contribution is -0.139. The molecule has 7 nitrogen and oxygen atoms in total. The second-order valence-corrected chi connectivity index (χ2v) is 8.86. The Morgan fingerprint density at radius 1 is 1.00 bits per heavy atom. The number of benzene rings is 2. The van der Waals surface area contributed by atoms with E-state index >= 15 is 0 Å². The van der Waals surface area contributed by atoms with Crippen LogP contribution in [0.2, 0.25) is 0 Å². The molecule has 1 atom stereocenters. The van der Waals surface area contributed by atoms with Gasteiger partial charge in [-0.05, 0) is 58.1 Å². The van der Waals surface area contributed by atoms with Crippen LogP contribution in [0.4, 0.5) is 0 Å².